The van der Waals surface area contributed by atoms with Gasteiger partial charge in [0.2, 0.25) is 0 Å². The highest BCUT2D eigenvalue weighted by atomic mass is 35.5. The molecule has 0 heterocycles. The Kier molecular flexibility index (Phi) is 4.19. The molecule has 0 unspecified atom stereocenters. The molecule has 2 rings (SSSR count). The first-order valence-electron chi connectivity index (χ1n) is 7.06. The SMILES string of the molecule is CC(C)(C)OC(=O)N(C1CC1)C1(C(=O)OCCl)CCC1. The number of nitrogens with zero attached hydrogens (tertiary/aromatic N) is 1. The largest absolute Gasteiger partial charge is 0.448 e. The summed E-state index contributed by atoms with van der Waals surface area (Å²) in [6.45, 7) is 5.46. The first-order chi connectivity index (χ1) is 9.30. The minimum atomic E-state index is -0.863. The smallest absolute Gasteiger partial charge is 0.411 e. The van der Waals surface area contributed by atoms with Gasteiger partial charge in [-0.1, -0.05) is 11.6 Å². The van der Waals surface area contributed by atoms with Crippen LogP contribution in [0.2, 0.25) is 0 Å². The maximum atomic E-state index is 12.5. The number of halogens is 1. The van der Waals surface area contributed by atoms with Gasteiger partial charge >= 0.3 is 12.1 Å². The Morgan fingerprint density at radius 1 is 1.30 bits per heavy atom. The van der Waals surface area contributed by atoms with Crippen molar-refractivity contribution in [2.45, 2.75) is 70.1 Å². The highest BCUT2D eigenvalue weighted by molar-refractivity contribution is 6.17. The van der Waals surface area contributed by atoms with Crippen molar-refractivity contribution in [2.24, 2.45) is 0 Å². The molecular weight excluding hydrogens is 282 g/mol. The zero-order chi connectivity index (χ0) is 15.0. The fourth-order valence-electron chi connectivity index (χ4n) is 2.56. The summed E-state index contributed by atoms with van der Waals surface area (Å²) in [6, 6.07) is -0.0963. The summed E-state index contributed by atoms with van der Waals surface area (Å²) >= 11 is 5.49. The predicted octanol–water partition coefficient (Wildman–Crippen LogP) is 3.05. The van der Waals surface area contributed by atoms with Crippen molar-refractivity contribution < 1.29 is 19.1 Å². The molecule has 114 valence electrons. The highest BCUT2D eigenvalue weighted by Gasteiger charge is 2.57. The average Bonchev–Trinajstić information content (AvgIpc) is 3.04. The van der Waals surface area contributed by atoms with Crippen molar-refractivity contribution in [3.63, 3.8) is 0 Å². The van der Waals surface area contributed by atoms with Gasteiger partial charge in [-0.3, -0.25) is 4.90 Å². The van der Waals surface area contributed by atoms with Crippen LogP contribution in [-0.2, 0) is 14.3 Å². The lowest BCUT2D eigenvalue weighted by Crippen LogP contribution is -2.63. The number of rotatable bonds is 4. The zero-order valence-electron chi connectivity index (χ0n) is 12.3. The summed E-state index contributed by atoms with van der Waals surface area (Å²) < 4.78 is 10.4. The second-order valence-corrected chi connectivity index (χ2v) is 6.73. The number of ether oxygens (including phenoxy) is 2. The Morgan fingerprint density at radius 2 is 1.90 bits per heavy atom. The molecule has 6 heteroatoms. The van der Waals surface area contributed by atoms with Crippen LogP contribution in [0.5, 0.6) is 0 Å². The van der Waals surface area contributed by atoms with Crippen molar-refractivity contribution in [3.05, 3.63) is 0 Å². The van der Waals surface area contributed by atoms with Crippen molar-refractivity contribution in [1.82, 2.24) is 4.90 Å². The van der Waals surface area contributed by atoms with Crippen LogP contribution in [0, 0.1) is 0 Å². The van der Waals surface area contributed by atoms with Gasteiger partial charge in [0.05, 0.1) is 0 Å². The van der Waals surface area contributed by atoms with Crippen LogP contribution in [0.3, 0.4) is 0 Å². The number of alkyl halides is 1. The third kappa shape index (κ3) is 3.03. The van der Waals surface area contributed by atoms with Crippen LogP contribution >= 0.6 is 11.6 Å². The van der Waals surface area contributed by atoms with Crippen LogP contribution < -0.4 is 0 Å². The van der Waals surface area contributed by atoms with Gasteiger partial charge in [-0.15, -0.1) is 0 Å². The van der Waals surface area contributed by atoms with Gasteiger partial charge in [-0.2, -0.15) is 0 Å². The molecule has 2 saturated carbocycles. The molecule has 20 heavy (non-hydrogen) atoms. The molecule has 2 aliphatic rings. The number of hydrogen-bond donors (Lipinski definition) is 0. The van der Waals surface area contributed by atoms with Gasteiger partial charge in [-0.05, 0) is 52.9 Å². The third-order valence-corrected chi connectivity index (χ3v) is 3.82. The minimum Gasteiger partial charge on any atom is -0.448 e. The second-order valence-electron chi connectivity index (χ2n) is 6.51. The fourth-order valence-corrected chi connectivity index (χ4v) is 2.66. The topological polar surface area (TPSA) is 55.8 Å². The first kappa shape index (κ1) is 15.4. The quantitative estimate of drug-likeness (QED) is 0.591. The van der Waals surface area contributed by atoms with E-state index in [0.717, 1.165) is 19.3 Å². The Bertz CT molecular complexity index is 396. The summed E-state index contributed by atoms with van der Waals surface area (Å²) in [6.07, 6.45) is 3.55. The monoisotopic (exact) mass is 303 g/mol. The number of esters is 1. The van der Waals surface area contributed by atoms with E-state index in [-0.39, 0.29) is 12.1 Å². The second kappa shape index (κ2) is 5.43. The van der Waals surface area contributed by atoms with E-state index < -0.39 is 23.2 Å². The van der Waals surface area contributed by atoms with Gasteiger partial charge in [0.15, 0.2) is 6.07 Å². The summed E-state index contributed by atoms with van der Waals surface area (Å²) in [7, 11) is 0. The number of carbonyl (C=O) groups is 2. The van der Waals surface area contributed by atoms with Crippen LogP contribution in [0.15, 0.2) is 0 Å². The summed E-state index contributed by atoms with van der Waals surface area (Å²) in [4.78, 5) is 26.3. The molecule has 2 aliphatic carbocycles. The van der Waals surface area contributed by atoms with Crippen molar-refractivity contribution in [3.8, 4) is 0 Å². The molecule has 0 aromatic heterocycles. The lowest BCUT2D eigenvalue weighted by molar-refractivity contribution is -0.163. The molecule has 0 aromatic rings. The Labute approximate surface area is 124 Å². The molecule has 0 saturated heterocycles. The van der Waals surface area contributed by atoms with Crippen LogP contribution in [-0.4, -0.2) is 40.2 Å². The molecule has 1 amide bonds. The van der Waals surface area contributed by atoms with Gasteiger partial charge in [0.1, 0.15) is 11.1 Å². The van der Waals surface area contributed by atoms with Gasteiger partial charge in [-0.25, -0.2) is 9.59 Å². The zero-order valence-corrected chi connectivity index (χ0v) is 13.0. The lowest BCUT2D eigenvalue weighted by Gasteiger charge is -2.47. The van der Waals surface area contributed by atoms with Gasteiger partial charge < -0.3 is 9.47 Å². The van der Waals surface area contributed by atoms with Crippen LogP contribution in [0.25, 0.3) is 0 Å². The summed E-state index contributed by atoms with van der Waals surface area (Å²) in [5.74, 6) is -0.406. The predicted molar refractivity (Wildman–Crippen MR) is 74.5 cm³/mol. The van der Waals surface area contributed by atoms with E-state index in [9.17, 15) is 9.59 Å². The van der Waals surface area contributed by atoms with Gasteiger partial charge in [0, 0.05) is 6.04 Å². The maximum Gasteiger partial charge on any atom is 0.411 e. The minimum absolute atomic E-state index is 0.0908. The molecule has 0 aliphatic heterocycles. The lowest BCUT2D eigenvalue weighted by atomic mass is 9.75. The van der Waals surface area contributed by atoms with E-state index in [1.54, 1.807) is 4.90 Å². The van der Waals surface area contributed by atoms with Gasteiger partial charge in [0.25, 0.3) is 0 Å². The van der Waals surface area contributed by atoms with E-state index >= 15 is 0 Å². The molecule has 0 spiro atoms. The molecule has 0 atom stereocenters. The van der Waals surface area contributed by atoms with Crippen molar-refractivity contribution in [1.29, 1.82) is 0 Å². The normalized spacial score (nSPS) is 20.8. The number of amides is 1. The first-order valence-corrected chi connectivity index (χ1v) is 7.59. The fraction of sp³-hybridized carbons (Fsp3) is 0.857. The summed E-state index contributed by atoms with van der Waals surface area (Å²) in [5, 5.41) is 0. The molecule has 0 radical (unpaired) electrons. The molecule has 2 fully saturated rings. The third-order valence-electron chi connectivity index (χ3n) is 3.71. The van der Waals surface area contributed by atoms with Crippen molar-refractivity contribution >= 4 is 23.7 Å². The molecular formula is C14H22ClNO4. The Balaban J connectivity index is 2.18. The van der Waals surface area contributed by atoms with Crippen LogP contribution in [0.1, 0.15) is 52.9 Å². The highest BCUT2D eigenvalue weighted by Crippen LogP contribution is 2.45. The number of hydrogen-bond acceptors (Lipinski definition) is 4. The van der Waals surface area contributed by atoms with Crippen molar-refractivity contribution in [2.75, 3.05) is 6.07 Å². The standard InChI is InChI=1S/C14H22ClNO4/c1-13(2,3)20-12(18)16(10-5-6-10)14(7-4-8-14)11(17)19-9-15/h10H,4-9H2,1-3H3. The van der Waals surface area contributed by atoms with E-state index in [1.807, 2.05) is 20.8 Å². The van der Waals surface area contributed by atoms with E-state index in [1.165, 1.54) is 0 Å². The molecule has 5 nitrogen and oxygen atoms in total. The molecule has 0 N–H and O–H groups in total. The van der Waals surface area contributed by atoms with E-state index in [4.69, 9.17) is 21.1 Å². The molecule has 0 aromatic carbocycles. The van der Waals surface area contributed by atoms with E-state index in [0.29, 0.717) is 12.8 Å². The Morgan fingerprint density at radius 3 is 2.25 bits per heavy atom. The summed E-state index contributed by atoms with van der Waals surface area (Å²) in [5.41, 5.74) is -1.44. The van der Waals surface area contributed by atoms with Crippen LogP contribution in [0.4, 0.5) is 4.79 Å². The van der Waals surface area contributed by atoms with E-state index in [2.05, 4.69) is 0 Å². The number of carbonyl (C=O) groups excluding carboxylic acids is 2. The average molecular weight is 304 g/mol. The maximum absolute atomic E-state index is 12.5. The molecule has 0 bridgehead atoms. The Hall–Kier alpha value is -0.970.